The number of hydrogen-bond acceptors (Lipinski definition) is 2. The van der Waals surface area contributed by atoms with Gasteiger partial charge in [0.15, 0.2) is 0 Å². The van der Waals surface area contributed by atoms with Gasteiger partial charge in [-0.15, -0.1) is 0 Å². The Hall–Kier alpha value is -5.86. The van der Waals surface area contributed by atoms with Crippen molar-refractivity contribution in [2.24, 2.45) is 0 Å². The first-order valence-electron chi connectivity index (χ1n) is 19.2. The van der Waals surface area contributed by atoms with Gasteiger partial charge >= 0.3 is 0 Å². The summed E-state index contributed by atoms with van der Waals surface area (Å²) in [5.41, 5.74) is 14.6. The molecule has 0 saturated carbocycles. The lowest BCUT2D eigenvalue weighted by atomic mass is 9.84. The molecule has 2 aromatic carbocycles. The quantitative estimate of drug-likeness (QED) is 0.111. The Kier molecular flexibility index (Phi) is 20.1. The minimum atomic E-state index is 1.04. The van der Waals surface area contributed by atoms with Crippen LogP contribution in [0.1, 0.15) is 87.3 Å². The molecule has 55 heavy (non-hydrogen) atoms. The van der Waals surface area contributed by atoms with Crippen molar-refractivity contribution in [1.82, 2.24) is 4.90 Å². The van der Waals surface area contributed by atoms with Gasteiger partial charge in [0.05, 0.1) is 0 Å². The molecule has 2 heteroatoms. The predicted molar refractivity (Wildman–Crippen MR) is 248 cm³/mol. The highest BCUT2D eigenvalue weighted by Crippen LogP contribution is 2.39. The zero-order valence-electron chi connectivity index (χ0n) is 35.4. The Bertz CT molecular complexity index is 2000. The second-order valence-electron chi connectivity index (χ2n) is 13.1. The van der Waals surface area contributed by atoms with Crippen LogP contribution in [0.25, 0.3) is 11.1 Å². The van der Waals surface area contributed by atoms with E-state index in [1.54, 1.807) is 0 Å². The Morgan fingerprint density at radius 1 is 0.491 bits per heavy atom. The standard InChI is InChI=1S/C53H64N2/c1-14-22-30-46(20-7)53(52(45(19-6)26-15-2)47-31-24-23-25-32-47)48-37-39-51(40-38-48)54(42(11)34-33-41(9)10)43(12)35-36-44(13)55(49(21-8)27-16-3)50(28-17-4)29-18-5/h14-40H,1,4H2,2-3,5-13H3/b26-15-,27-16-,29-18-,30-22-,42-34+,43-35+,44-36+,45-19+,46-20+,49-21+,50-28+,53-52+. The Balaban J connectivity index is 2.97. The number of rotatable bonds is 18. The van der Waals surface area contributed by atoms with Crippen molar-refractivity contribution in [2.75, 3.05) is 4.90 Å². The van der Waals surface area contributed by atoms with Gasteiger partial charge < -0.3 is 9.80 Å². The second kappa shape index (κ2) is 24.5. The molecule has 0 N–H and O–H groups in total. The Labute approximate surface area is 335 Å². The molecule has 2 nitrogen and oxygen atoms in total. The third-order valence-corrected chi connectivity index (χ3v) is 8.74. The van der Waals surface area contributed by atoms with Gasteiger partial charge in [-0.1, -0.05) is 134 Å². The molecule has 2 rings (SSSR count). The lowest BCUT2D eigenvalue weighted by Crippen LogP contribution is -2.20. The topological polar surface area (TPSA) is 6.48 Å². The lowest BCUT2D eigenvalue weighted by Gasteiger charge is -2.29. The summed E-state index contributed by atoms with van der Waals surface area (Å²) >= 11 is 0. The van der Waals surface area contributed by atoms with E-state index >= 15 is 0 Å². The molecule has 0 aliphatic carbocycles. The highest BCUT2D eigenvalue weighted by molar-refractivity contribution is 6.06. The molecule has 0 heterocycles. The number of benzene rings is 2. The van der Waals surface area contributed by atoms with Crippen LogP contribution in [0.3, 0.4) is 0 Å². The molecule has 0 atom stereocenters. The van der Waals surface area contributed by atoms with Crippen LogP contribution in [0, 0.1) is 0 Å². The van der Waals surface area contributed by atoms with Crippen LogP contribution < -0.4 is 4.90 Å². The number of anilines is 1. The van der Waals surface area contributed by atoms with Crippen molar-refractivity contribution < 1.29 is 0 Å². The van der Waals surface area contributed by atoms with Crippen molar-refractivity contribution in [3.8, 4) is 0 Å². The monoisotopic (exact) mass is 729 g/mol. The third-order valence-electron chi connectivity index (χ3n) is 8.74. The average molecular weight is 729 g/mol. The van der Waals surface area contributed by atoms with Gasteiger partial charge in [-0.2, -0.15) is 0 Å². The van der Waals surface area contributed by atoms with Crippen LogP contribution in [0.2, 0.25) is 0 Å². The summed E-state index contributed by atoms with van der Waals surface area (Å²) in [6, 6.07) is 19.6. The lowest BCUT2D eigenvalue weighted by molar-refractivity contribution is 0.559. The van der Waals surface area contributed by atoms with Crippen LogP contribution in [0.15, 0.2) is 222 Å². The second-order valence-corrected chi connectivity index (χ2v) is 13.1. The smallest absolute Gasteiger partial charge is 0.0455 e. The molecule has 0 bridgehead atoms. The van der Waals surface area contributed by atoms with Gasteiger partial charge in [0.25, 0.3) is 0 Å². The summed E-state index contributed by atoms with van der Waals surface area (Å²) in [5, 5.41) is 0. The Morgan fingerprint density at radius 2 is 1.00 bits per heavy atom. The fourth-order valence-corrected chi connectivity index (χ4v) is 6.25. The van der Waals surface area contributed by atoms with Crippen molar-refractivity contribution in [1.29, 1.82) is 0 Å². The van der Waals surface area contributed by atoms with Gasteiger partial charge in [-0.3, -0.25) is 0 Å². The van der Waals surface area contributed by atoms with Crippen LogP contribution in [-0.4, -0.2) is 4.90 Å². The van der Waals surface area contributed by atoms with Crippen LogP contribution in [0.5, 0.6) is 0 Å². The largest absolute Gasteiger partial charge is 0.319 e. The van der Waals surface area contributed by atoms with Crippen LogP contribution in [-0.2, 0) is 0 Å². The van der Waals surface area contributed by atoms with E-state index in [9.17, 15) is 0 Å². The molecule has 286 valence electrons. The molecule has 0 saturated heterocycles. The van der Waals surface area contributed by atoms with E-state index in [4.69, 9.17) is 0 Å². The SMILES string of the molecule is C=C\C=C/C(=C\C)C(=C(C(/C=C\C)=C/C)\c1ccccc1)/c1ccc(N(/C(C)=C/C=C(C)C)/C(C)=C/C=C(\C)N(C(/C=C\C)=C/C)C(/C=C\C)=C/C=C)cc1. The van der Waals surface area contributed by atoms with E-state index in [1.165, 1.54) is 11.1 Å². The molecular weight excluding hydrogens is 665 g/mol. The molecule has 0 spiro atoms. The molecule has 2 aromatic rings. The average Bonchev–Trinajstić information content (AvgIpc) is 3.19. The van der Waals surface area contributed by atoms with Gasteiger partial charge in [0.2, 0.25) is 0 Å². The fourth-order valence-electron chi connectivity index (χ4n) is 6.25. The summed E-state index contributed by atoms with van der Waals surface area (Å²) in [6.07, 6.45) is 37.8. The van der Waals surface area contributed by atoms with E-state index in [-0.39, 0.29) is 0 Å². The maximum Gasteiger partial charge on any atom is 0.0455 e. The van der Waals surface area contributed by atoms with E-state index in [0.29, 0.717) is 0 Å². The van der Waals surface area contributed by atoms with E-state index in [2.05, 4.69) is 225 Å². The van der Waals surface area contributed by atoms with Crippen molar-refractivity contribution >= 4 is 16.8 Å². The van der Waals surface area contributed by atoms with Gasteiger partial charge in [0.1, 0.15) is 0 Å². The minimum absolute atomic E-state index is 1.04. The molecule has 0 radical (unpaired) electrons. The van der Waals surface area contributed by atoms with Crippen LogP contribution in [0.4, 0.5) is 5.69 Å². The van der Waals surface area contributed by atoms with Gasteiger partial charge in [-0.25, -0.2) is 0 Å². The van der Waals surface area contributed by atoms with E-state index in [0.717, 1.165) is 62.0 Å². The molecule has 0 aliphatic heterocycles. The highest BCUT2D eigenvalue weighted by Gasteiger charge is 2.19. The number of nitrogens with zero attached hydrogens (tertiary/aromatic N) is 2. The first-order valence-corrected chi connectivity index (χ1v) is 19.2. The van der Waals surface area contributed by atoms with E-state index < -0.39 is 0 Å². The van der Waals surface area contributed by atoms with Gasteiger partial charge in [0, 0.05) is 34.2 Å². The first kappa shape index (κ1) is 45.3. The van der Waals surface area contributed by atoms with Crippen molar-refractivity contribution in [2.45, 2.75) is 76.2 Å². The molecule has 0 fully saturated rings. The molecule has 0 aromatic heterocycles. The highest BCUT2D eigenvalue weighted by atomic mass is 15.2. The summed E-state index contributed by atoms with van der Waals surface area (Å²) < 4.78 is 0. The van der Waals surface area contributed by atoms with E-state index in [1.807, 2.05) is 38.2 Å². The van der Waals surface area contributed by atoms with Crippen LogP contribution >= 0.6 is 0 Å². The third kappa shape index (κ3) is 13.2. The zero-order chi connectivity index (χ0) is 40.8. The first-order chi connectivity index (χ1) is 26.6. The fraction of sp³-hybridized carbons (Fsp3) is 0.208. The minimum Gasteiger partial charge on any atom is -0.319 e. The molecular formula is C53H64N2. The maximum atomic E-state index is 3.98. The van der Waals surface area contributed by atoms with Crippen molar-refractivity contribution in [3.05, 3.63) is 233 Å². The summed E-state index contributed by atoms with van der Waals surface area (Å²) in [4.78, 5) is 4.57. The molecule has 0 aliphatic rings. The predicted octanol–water partition coefficient (Wildman–Crippen LogP) is 15.7. The molecule has 0 amide bonds. The Morgan fingerprint density at radius 3 is 1.49 bits per heavy atom. The number of allylic oxidation sites excluding steroid dienone is 26. The maximum absolute atomic E-state index is 3.98. The van der Waals surface area contributed by atoms with Crippen molar-refractivity contribution in [3.63, 3.8) is 0 Å². The molecule has 0 unspecified atom stereocenters. The zero-order valence-corrected chi connectivity index (χ0v) is 35.4. The summed E-state index contributed by atoms with van der Waals surface area (Å²) in [5.74, 6) is 0. The normalized spacial score (nSPS) is 14.6. The number of hydrogen-bond donors (Lipinski definition) is 0. The summed E-state index contributed by atoms with van der Waals surface area (Å²) in [6.45, 7) is 31.1. The van der Waals surface area contributed by atoms with Gasteiger partial charge in [-0.05, 0) is 158 Å². The summed E-state index contributed by atoms with van der Waals surface area (Å²) in [7, 11) is 0.